The number of nitrogens with one attached hydrogen (secondary N) is 1. The third kappa shape index (κ3) is 3.78. The van der Waals surface area contributed by atoms with Crippen molar-refractivity contribution in [3.8, 4) is 0 Å². The van der Waals surface area contributed by atoms with Crippen LogP contribution in [-0.4, -0.2) is 25.5 Å². The number of hydrogen-bond acceptors (Lipinski definition) is 3. The fraction of sp³-hybridized carbons (Fsp3) is 0.364. The van der Waals surface area contributed by atoms with Crippen molar-refractivity contribution < 1.29 is 22.7 Å². The average molecular weight is 275 g/mol. The summed E-state index contributed by atoms with van der Waals surface area (Å²) in [7, 11) is -3.83. The Morgan fingerprint density at radius 1 is 1.50 bits per heavy atom. The Bertz CT molecular complexity index is 556. The molecule has 7 heteroatoms. The van der Waals surface area contributed by atoms with E-state index < -0.39 is 27.9 Å². The van der Waals surface area contributed by atoms with Crippen LogP contribution >= 0.6 is 0 Å². The highest BCUT2D eigenvalue weighted by atomic mass is 32.2. The SMILES string of the molecule is Cc1cc(F)ccc1S(=O)(=O)NC(C)CC(=O)O. The zero-order valence-corrected chi connectivity index (χ0v) is 10.8. The molecular formula is C11H14FNO4S. The standard InChI is InChI=1S/C11H14FNO4S/c1-7-5-9(12)3-4-10(7)18(16,17)13-8(2)6-11(14)15/h3-5,8,13H,6H2,1-2H3,(H,14,15). The van der Waals surface area contributed by atoms with Crippen molar-refractivity contribution in [3.63, 3.8) is 0 Å². The maximum absolute atomic E-state index is 12.9. The molecule has 0 aromatic heterocycles. The Labute approximate surface area is 105 Å². The monoisotopic (exact) mass is 275 g/mol. The number of carboxylic acids is 1. The highest BCUT2D eigenvalue weighted by Gasteiger charge is 2.20. The number of sulfonamides is 1. The van der Waals surface area contributed by atoms with Crippen LogP contribution in [0.15, 0.2) is 23.1 Å². The summed E-state index contributed by atoms with van der Waals surface area (Å²) in [4.78, 5) is 10.4. The maximum Gasteiger partial charge on any atom is 0.304 e. The molecule has 1 aromatic rings. The average Bonchev–Trinajstić information content (AvgIpc) is 2.13. The smallest absolute Gasteiger partial charge is 0.304 e. The van der Waals surface area contributed by atoms with Gasteiger partial charge in [-0.1, -0.05) is 0 Å². The van der Waals surface area contributed by atoms with E-state index in [4.69, 9.17) is 5.11 Å². The van der Waals surface area contributed by atoms with Crippen molar-refractivity contribution in [3.05, 3.63) is 29.6 Å². The Kier molecular flexibility index (Phi) is 4.42. The number of benzene rings is 1. The second-order valence-electron chi connectivity index (χ2n) is 4.03. The number of carboxylic acid groups (broad SMARTS) is 1. The largest absolute Gasteiger partial charge is 0.481 e. The lowest BCUT2D eigenvalue weighted by atomic mass is 10.2. The van der Waals surface area contributed by atoms with Crippen LogP contribution in [0.2, 0.25) is 0 Å². The van der Waals surface area contributed by atoms with Crippen LogP contribution in [0, 0.1) is 12.7 Å². The lowest BCUT2D eigenvalue weighted by Gasteiger charge is -2.13. The van der Waals surface area contributed by atoms with E-state index in [1.807, 2.05) is 0 Å². The fourth-order valence-electron chi connectivity index (χ4n) is 1.55. The molecule has 0 saturated carbocycles. The summed E-state index contributed by atoms with van der Waals surface area (Å²) in [6.45, 7) is 2.92. The number of aryl methyl sites for hydroxylation is 1. The van der Waals surface area contributed by atoms with Gasteiger partial charge in [-0.2, -0.15) is 0 Å². The highest BCUT2D eigenvalue weighted by molar-refractivity contribution is 7.89. The summed E-state index contributed by atoms with van der Waals surface area (Å²) in [5, 5.41) is 8.56. The van der Waals surface area contributed by atoms with Crippen molar-refractivity contribution in [1.29, 1.82) is 0 Å². The lowest BCUT2D eigenvalue weighted by molar-refractivity contribution is -0.137. The quantitative estimate of drug-likeness (QED) is 0.847. The Morgan fingerprint density at radius 2 is 2.11 bits per heavy atom. The van der Waals surface area contributed by atoms with Crippen LogP contribution in [-0.2, 0) is 14.8 Å². The first-order chi connectivity index (χ1) is 8.22. The van der Waals surface area contributed by atoms with Crippen molar-refractivity contribution >= 4 is 16.0 Å². The molecule has 0 fully saturated rings. The predicted octanol–water partition coefficient (Wildman–Crippen LogP) is 1.28. The third-order valence-electron chi connectivity index (χ3n) is 2.26. The molecule has 0 aliphatic heterocycles. The van der Waals surface area contributed by atoms with E-state index in [0.717, 1.165) is 18.2 Å². The molecule has 18 heavy (non-hydrogen) atoms. The van der Waals surface area contributed by atoms with Crippen LogP contribution in [0.1, 0.15) is 18.9 Å². The molecule has 1 atom stereocenters. The van der Waals surface area contributed by atoms with E-state index in [2.05, 4.69) is 4.72 Å². The Morgan fingerprint density at radius 3 is 2.61 bits per heavy atom. The predicted molar refractivity (Wildman–Crippen MR) is 63.2 cm³/mol. The van der Waals surface area contributed by atoms with Gasteiger partial charge in [-0.05, 0) is 37.6 Å². The minimum absolute atomic E-state index is 0.0545. The first-order valence-electron chi connectivity index (χ1n) is 5.22. The molecule has 5 nitrogen and oxygen atoms in total. The van der Waals surface area contributed by atoms with E-state index in [1.54, 1.807) is 0 Å². The molecule has 0 bridgehead atoms. The van der Waals surface area contributed by atoms with Crippen molar-refractivity contribution in [2.45, 2.75) is 31.2 Å². The van der Waals surface area contributed by atoms with Crippen molar-refractivity contribution in [2.24, 2.45) is 0 Å². The Balaban J connectivity index is 2.96. The van der Waals surface area contributed by atoms with Gasteiger partial charge in [0.25, 0.3) is 0 Å². The second-order valence-corrected chi connectivity index (χ2v) is 5.71. The normalized spacial score (nSPS) is 13.3. The molecular weight excluding hydrogens is 261 g/mol. The molecule has 0 spiro atoms. The van der Waals surface area contributed by atoms with Crippen LogP contribution in [0.5, 0.6) is 0 Å². The molecule has 1 unspecified atom stereocenters. The molecule has 0 amide bonds. The van der Waals surface area contributed by atoms with Crippen LogP contribution in [0.3, 0.4) is 0 Å². The van der Waals surface area contributed by atoms with Crippen LogP contribution in [0.4, 0.5) is 4.39 Å². The summed E-state index contributed by atoms with van der Waals surface area (Å²) in [5.74, 6) is -1.62. The lowest BCUT2D eigenvalue weighted by Crippen LogP contribution is -2.34. The van der Waals surface area contributed by atoms with Gasteiger partial charge in [0.15, 0.2) is 0 Å². The minimum atomic E-state index is -3.83. The first kappa shape index (κ1) is 14.6. The van der Waals surface area contributed by atoms with Gasteiger partial charge in [0, 0.05) is 6.04 Å². The maximum atomic E-state index is 12.9. The summed E-state index contributed by atoms with van der Waals surface area (Å²) in [6, 6.07) is 2.57. The van der Waals surface area contributed by atoms with Crippen LogP contribution < -0.4 is 4.72 Å². The van der Waals surface area contributed by atoms with Crippen molar-refractivity contribution in [2.75, 3.05) is 0 Å². The molecule has 1 rings (SSSR count). The molecule has 100 valence electrons. The third-order valence-corrected chi connectivity index (χ3v) is 4.01. The van der Waals surface area contributed by atoms with Gasteiger partial charge in [0.2, 0.25) is 10.0 Å². The second kappa shape index (κ2) is 5.45. The van der Waals surface area contributed by atoms with E-state index in [-0.39, 0.29) is 16.9 Å². The zero-order chi connectivity index (χ0) is 13.9. The number of halogens is 1. The number of rotatable bonds is 5. The number of carbonyl (C=O) groups is 1. The van der Waals surface area contributed by atoms with Crippen LogP contribution in [0.25, 0.3) is 0 Å². The van der Waals surface area contributed by atoms with Gasteiger partial charge in [-0.3, -0.25) is 4.79 Å². The fourth-order valence-corrected chi connectivity index (χ4v) is 3.02. The molecule has 0 heterocycles. The first-order valence-corrected chi connectivity index (χ1v) is 6.71. The summed E-state index contributed by atoms with van der Waals surface area (Å²) in [6.07, 6.45) is -0.320. The highest BCUT2D eigenvalue weighted by Crippen LogP contribution is 2.16. The number of hydrogen-bond donors (Lipinski definition) is 2. The molecule has 0 radical (unpaired) electrons. The van der Waals surface area contributed by atoms with Crippen molar-refractivity contribution in [1.82, 2.24) is 4.72 Å². The molecule has 0 aliphatic carbocycles. The van der Waals surface area contributed by atoms with Gasteiger partial charge in [-0.25, -0.2) is 17.5 Å². The van der Waals surface area contributed by atoms with Gasteiger partial charge in [0.05, 0.1) is 11.3 Å². The summed E-state index contributed by atoms with van der Waals surface area (Å²) >= 11 is 0. The van der Waals surface area contributed by atoms with Gasteiger partial charge >= 0.3 is 5.97 Å². The molecule has 1 aromatic carbocycles. The molecule has 2 N–H and O–H groups in total. The molecule has 0 aliphatic rings. The minimum Gasteiger partial charge on any atom is -0.481 e. The van der Waals surface area contributed by atoms with E-state index >= 15 is 0 Å². The van der Waals surface area contributed by atoms with Gasteiger partial charge < -0.3 is 5.11 Å². The van der Waals surface area contributed by atoms with Gasteiger partial charge in [-0.15, -0.1) is 0 Å². The van der Waals surface area contributed by atoms with E-state index in [9.17, 15) is 17.6 Å². The summed E-state index contributed by atoms with van der Waals surface area (Å²) in [5.41, 5.74) is 0.269. The van der Waals surface area contributed by atoms with E-state index in [1.165, 1.54) is 13.8 Å². The molecule has 0 saturated heterocycles. The topological polar surface area (TPSA) is 83.5 Å². The number of aliphatic carboxylic acids is 1. The zero-order valence-electron chi connectivity index (χ0n) is 9.97. The summed E-state index contributed by atoms with van der Waals surface area (Å²) < 4.78 is 39.0. The Hall–Kier alpha value is -1.47. The van der Waals surface area contributed by atoms with Gasteiger partial charge in [0.1, 0.15) is 5.82 Å². The van der Waals surface area contributed by atoms with E-state index in [0.29, 0.717) is 0 Å².